The van der Waals surface area contributed by atoms with E-state index in [1.165, 1.54) is 23.3 Å². The normalized spacial score (nSPS) is 22.2. The average molecular weight is 279 g/mol. The number of aliphatic hydroxyl groups excluding tert-OH is 1. The van der Waals surface area contributed by atoms with Crippen molar-refractivity contribution in [3.8, 4) is 0 Å². The molecule has 0 radical (unpaired) electrons. The third kappa shape index (κ3) is 2.71. The smallest absolute Gasteiger partial charge is 0.0964 e. The van der Waals surface area contributed by atoms with E-state index in [0.717, 1.165) is 16.9 Å². The zero-order valence-corrected chi connectivity index (χ0v) is 11.8. The second-order valence-corrected chi connectivity index (χ2v) is 7.21. The molecule has 2 unspecified atom stereocenters. The van der Waals surface area contributed by atoms with Gasteiger partial charge in [0.1, 0.15) is 0 Å². The standard InChI is InChI=1S/C14H17NOS2/c16-11(13-7-3-4-8-17-13)9-14-15-10-5-1-2-6-12(10)18-14/h1-2,5-6,11,13,16H,3-4,7-9H2. The summed E-state index contributed by atoms with van der Waals surface area (Å²) in [5.74, 6) is 1.20. The third-order valence-electron chi connectivity index (χ3n) is 3.37. The summed E-state index contributed by atoms with van der Waals surface area (Å²) in [6, 6.07) is 8.19. The van der Waals surface area contributed by atoms with Gasteiger partial charge in [0.2, 0.25) is 0 Å². The fourth-order valence-corrected chi connectivity index (χ4v) is 4.73. The van der Waals surface area contributed by atoms with Crippen molar-refractivity contribution in [2.45, 2.75) is 37.0 Å². The highest BCUT2D eigenvalue weighted by Gasteiger charge is 2.23. The van der Waals surface area contributed by atoms with Crippen molar-refractivity contribution >= 4 is 33.3 Å². The first-order valence-electron chi connectivity index (χ1n) is 6.47. The highest BCUT2D eigenvalue weighted by atomic mass is 32.2. The van der Waals surface area contributed by atoms with Gasteiger partial charge in [0, 0.05) is 11.7 Å². The maximum atomic E-state index is 10.3. The molecule has 0 bridgehead atoms. The number of aromatic nitrogens is 1. The lowest BCUT2D eigenvalue weighted by Crippen LogP contribution is -2.27. The van der Waals surface area contributed by atoms with E-state index in [9.17, 15) is 5.11 Å². The van der Waals surface area contributed by atoms with Gasteiger partial charge in [-0.15, -0.1) is 11.3 Å². The second-order valence-electron chi connectivity index (χ2n) is 4.75. The van der Waals surface area contributed by atoms with Gasteiger partial charge in [-0.05, 0) is 30.7 Å². The summed E-state index contributed by atoms with van der Waals surface area (Å²) in [6.45, 7) is 0. The van der Waals surface area contributed by atoms with E-state index in [1.807, 2.05) is 30.0 Å². The van der Waals surface area contributed by atoms with Crippen LogP contribution < -0.4 is 0 Å². The molecule has 1 fully saturated rings. The SMILES string of the molecule is OC(Cc1nc2ccccc2s1)C1CCCCS1. The zero-order chi connectivity index (χ0) is 12.4. The molecule has 1 aromatic carbocycles. The Kier molecular flexibility index (Phi) is 3.87. The molecule has 2 heterocycles. The van der Waals surface area contributed by atoms with Gasteiger partial charge in [0.15, 0.2) is 0 Å². The molecular formula is C14H17NOS2. The molecule has 18 heavy (non-hydrogen) atoms. The minimum atomic E-state index is -0.240. The van der Waals surface area contributed by atoms with Crippen LogP contribution in [0.3, 0.4) is 0 Å². The Bertz CT molecular complexity index is 486. The summed E-state index contributed by atoms with van der Waals surface area (Å²) < 4.78 is 1.22. The van der Waals surface area contributed by atoms with Crippen molar-refractivity contribution in [3.05, 3.63) is 29.3 Å². The number of aliphatic hydroxyl groups is 1. The van der Waals surface area contributed by atoms with Crippen molar-refractivity contribution in [2.24, 2.45) is 0 Å². The molecule has 0 aliphatic carbocycles. The summed E-state index contributed by atoms with van der Waals surface area (Å²) in [6.07, 6.45) is 4.17. The number of fused-ring (bicyclic) bond motifs is 1. The predicted molar refractivity (Wildman–Crippen MR) is 79.4 cm³/mol. The van der Waals surface area contributed by atoms with E-state index < -0.39 is 0 Å². The Morgan fingerprint density at radius 2 is 2.22 bits per heavy atom. The number of hydrogen-bond donors (Lipinski definition) is 1. The largest absolute Gasteiger partial charge is 0.392 e. The van der Waals surface area contributed by atoms with Gasteiger partial charge in [0.25, 0.3) is 0 Å². The number of thiazole rings is 1. The van der Waals surface area contributed by atoms with Crippen LogP contribution in [-0.4, -0.2) is 27.2 Å². The molecule has 2 atom stereocenters. The summed E-state index contributed by atoms with van der Waals surface area (Å²) in [4.78, 5) is 4.60. The van der Waals surface area contributed by atoms with E-state index >= 15 is 0 Å². The number of hydrogen-bond acceptors (Lipinski definition) is 4. The van der Waals surface area contributed by atoms with E-state index in [1.54, 1.807) is 11.3 Å². The molecule has 2 nitrogen and oxygen atoms in total. The zero-order valence-electron chi connectivity index (χ0n) is 10.2. The number of para-hydroxylation sites is 1. The lowest BCUT2D eigenvalue weighted by molar-refractivity contribution is 0.166. The van der Waals surface area contributed by atoms with Gasteiger partial charge in [-0.2, -0.15) is 11.8 Å². The molecule has 0 spiro atoms. The van der Waals surface area contributed by atoms with Crippen molar-refractivity contribution in [1.82, 2.24) is 4.98 Å². The van der Waals surface area contributed by atoms with Crippen LogP contribution in [0.15, 0.2) is 24.3 Å². The van der Waals surface area contributed by atoms with Crippen LogP contribution in [0.1, 0.15) is 24.3 Å². The van der Waals surface area contributed by atoms with Crippen LogP contribution in [0.4, 0.5) is 0 Å². The van der Waals surface area contributed by atoms with Gasteiger partial charge in [0.05, 0.1) is 21.3 Å². The van der Waals surface area contributed by atoms with Crippen LogP contribution in [-0.2, 0) is 6.42 Å². The van der Waals surface area contributed by atoms with Crippen LogP contribution >= 0.6 is 23.1 Å². The molecule has 4 heteroatoms. The summed E-state index contributed by atoms with van der Waals surface area (Å²) >= 11 is 3.63. The van der Waals surface area contributed by atoms with Crippen molar-refractivity contribution < 1.29 is 5.11 Å². The number of thioether (sulfide) groups is 1. The van der Waals surface area contributed by atoms with E-state index in [4.69, 9.17) is 0 Å². The molecule has 96 valence electrons. The molecule has 0 amide bonds. The van der Waals surface area contributed by atoms with Crippen LogP contribution in [0, 0.1) is 0 Å². The van der Waals surface area contributed by atoms with Crippen molar-refractivity contribution in [1.29, 1.82) is 0 Å². The first-order chi connectivity index (χ1) is 8.83. The molecular weight excluding hydrogens is 262 g/mol. The van der Waals surface area contributed by atoms with Crippen LogP contribution in [0.5, 0.6) is 0 Å². The molecule has 2 aromatic rings. The second kappa shape index (κ2) is 5.59. The first kappa shape index (κ1) is 12.5. The van der Waals surface area contributed by atoms with Crippen LogP contribution in [0.2, 0.25) is 0 Å². The van der Waals surface area contributed by atoms with Gasteiger partial charge in [-0.25, -0.2) is 4.98 Å². The third-order valence-corrected chi connectivity index (χ3v) is 5.93. The Morgan fingerprint density at radius 3 is 3.00 bits per heavy atom. The topological polar surface area (TPSA) is 33.1 Å². The van der Waals surface area contributed by atoms with E-state index in [2.05, 4.69) is 11.1 Å². The molecule has 1 saturated heterocycles. The number of nitrogens with zero attached hydrogens (tertiary/aromatic N) is 1. The molecule has 1 aromatic heterocycles. The number of rotatable bonds is 3. The Balaban J connectivity index is 1.71. The minimum Gasteiger partial charge on any atom is -0.392 e. The monoisotopic (exact) mass is 279 g/mol. The van der Waals surface area contributed by atoms with Gasteiger partial charge in [-0.1, -0.05) is 18.6 Å². The highest BCUT2D eigenvalue weighted by molar-refractivity contribution is 8.00. The van der Waals surface area contributed by atoms with Crippen molar-refractivity contribution in [2.75, 3.05) is 5.75 Å². The van der Waals surface area contributed by atoms with Crippen LogP contribution in [0.25, 0.3) is 10.2 Å². The lowest BCUT2D eigenvalue weighted by Gasteiger charge is -2.25. The summed E-state index contributed by atoms with van der Waals surface area (Å²) in [5.41, 5.74) is 1.06. The Labute approximate surface area is 115 Å². The summed E-state index contributed by atoms with van der Waals surface area (Å²) in [7, 11) is 0. The predicted octanol–water partition coefficient (Wildman–Crippen LogP) is 3.49. The van der Waals surface area contributed by atoms with Gasteiger partial charge < -0.3 is 5.11 Å². The fourth-order valence-electron chi connectivity index (χ4n) is 2.39. The van der Waals surface area contributed by atoms with E-state index in [-0.39, 0.29) is 6.10 Å². The Hall–Kier alpha value is -0.580. The maximum Gasteiger partial charge on any atom is 0.0964 e. The average Bonchev–Trinajstić information content (AvgIpc) is 2.82. The summed E-state index contributed by atoms with van der Waals surface area (Å²) in [5, 5.41) is 11.8. The maximum absolute atomic E-state index is 10.3. The molecule has 1 aliphatic rings. The van der Waals surface area contributed by atoms with E-state index in [0.29, 0.717) is 11.7 Å². The van der Waals surface area contributed by atoms with Crippen molar-refractivity contribution in [3.63, 3.8) is 0 Å². The molecule has 0 saturated carbocycles. The first-order valence-corrected chi connectivity index (χ1v) is 8.33. The molecule has 3 rings (SSSR count). The number of benzene rings is 1. The molecule has 1 aliphatic heterocycles. The molecule has 1 N–H and O–H groups in total. The lowest BCUT2D eigenvalue weighted by atomic mass is 10.1. The minimum absolute atomic E-state index is 0.240. The fraction of sp³-hybridized carbons (Fsp3) is 0.500. The van der Waals surface area contributed by atoms with Gasteiger partial charge in [-0.3, -0.25) is 0 Å². The highest BCUT2D eigenvalue weighted by Crippen LogP contribution is 2.30. The van der Waals surface area contributed by atoms with Gasteiger partial charge >= 0.3 is 0 Å². The Morgan fingerprint density at radius 1 is 1.33 bits per heavy atom. The quantitative estimate of drug-likeness (QED) is 0.933.